The molecule has 0 aliphatic rings. The van der Waals surface area contributed by atoms with E-state index in [0.717, 1.165) is 16.8 Å². The Kier molecular flexibility index (Phi) is 5.62. The number of amides is 1. The van der Waals surface area contributed by atoms with Gasteiger partial charge in [0.2, 0.25) is 11.1 Å². The molecule has 3 aromatic rings. The van der Waals surface area contributed by atoms with Gasteiger partial charge in [-0.3, -0.25) is 4.79 Å². The third kappa shape index (κ3) is 4.45. The molecule has 1 aromatic heterocycles. The second kappa shape index (κ2) is 8.09. The number of nitrogens with zero attached hydrogens (tertiary/aromatic N) is 4. The molecule has 1 amide bonds. The number of aromatic nitrogens is 4. The molecule has 0 aliphatic carbocycles. The van der Waals surface area contributed by atoms with Gasteiger partial charge >= 0.3 is 0 Å². The van der Waals surface area contributed by atoms with Crippen molar-refractivity contribution in [1.29, 1.82) is 0 Å². The summed E-state index contributed by atoms with van der Waals surface area (Å²) in [5.74, 6) is -0.440. The third-order valence-electron chi connectivity index (χ3n) is 3.75. The molecule has 1 unspecified atom stereocenters. The lowest BCUT2D eigenvalue weighted by Gasteiger charge is -2.12. The molecule has 1 N–H and O–H groups in total. The molecule has 3 rings (SSSR count). The van der Waals surface area contributed by atoms with E-state index in [9.17, 15) is 9.18 Å². The van der Waals surface area contributed by atoms with E-state index in [0.29, 0.717) is 11.7 Å². The van der Waals surface area contributed by atoms with Crippen LogP contribution in [0.5, 0.6) is 0 Å². The van der Waals surface area contributed by atoms with E-state index in [4.69, 9.17) is 0 Å². The number of nitrogens with one attached hydrogen (secondary N) is 1. The second-order valence-electron chi connectivity index (χ2n) is 5.81. The molecule has 0 radical (unpaired) electrons. The van der Waals surface area contributed by atoms with Gasteiger partial charge in [-0.05, 0) is 54.1 Å². The molecule has 0 spiro atoms. The topological polar surface area (TPSA) is 72.7 Å². The van der Waals surface area contributed by atoms with E-state index in [1.807, 2.05) is 31.2 Å². The first-order valence-electron chi connectivity index (χ1n) is 8.07. The molecule has 0 saturated heterocycles. The van der Waals surface area contributed by atoms with Gasteiger partial charge in [0.15, 0.2) is 0 Å². The number of tetrazole rings is 1. The molecule has 8 heteroatoms. The van der Waals surface area contributed by atoms with E-state index < -0.39 is 0 Å². The first kappa shape index (κ1) is 18.1. The van der Waals surface area contributed by atoms with Crippen LogP contribution in [0.3, 0.4) is 0 Å². The number of hydrogen-bond acceptors (Lipinski definition) is 5. The molecule has 134 valence electrons. The minimum absolute atomic E-state index is 0.141. The quantitative estimate of drug-likeness (QED) is 0.675. The normalized spacial score (nSPS) is 12.0. The average molecular weight is 371 g/mol. The zero-order valence-corrected chi connectivity index (χ0v) is 15.2. The molecule has 0 aliphatic heterocycles. The maximum Gasteiger partial charge on any atom is 0.233 e. The first-order valence-corrected chi connectivity index (χ1v) is 8.95. The minimum atomic E-state index is -0.384. The highest BCUT2D eigenvalue weighted by molar-refractivity contribution is 8.00. The van der Waals surface area contributed by atoms with Crippen LogP contribution >= 0.6 is 11.8 Å². The van der Waals surface area contributed by atoms with Gasteiger partial charge in [0, 0.05) is 6.54 Å². The van der Waals surface area contributed by atoms with Crippen LogP contribution < -0.4 is 5.32 Å². The molecule has 0 fully saturated rings. The van der Waals surface area contributed by atoms with Crippen LogP contribution in [0.2, 0.25) is 0 Å². The van der Waals surface area contributed by atoms with Crippen molar-refractivity contribution in [3.8, 4) is 5.69 Å². The fourth-order valence-corrected chi connectivity index (χ4v) is 3.08. The highest BCUT2D eigenvalue weighted by Crippen LogP contribution is 2.23. The van der Waals surface area contributed by atoms with Gasteiger partial charge in [0.05, 0.1) is 10.9 Å². The minimum Gasteiger partial charge on any atom is -0.351 e. The van der Waals surface area contributed by atoms with Gasteiger partial charge in [-0.25, -0.2) is 4.39 Å². The van der Waals surface area contributed by atoms with E-state index in [1.165, 1.54) is 23.9 Å². The molecule has 1 atom stereocenters. The highest BCUT2D eigenvalue weighted by Gasteiger charge is 2.19. The third-order valence-corrected chi connectivity index (χ3v) is 4.78. The predicted molar refractivity (Wildman–Crippen MR) is 97.5 cm³/mol. The van der Waals surface area contributed by atoms with E-state index in [1.54, 1.807) is 23.7 Å². The zero-order valence-electron chi connectivity index (χ0n) is 14.4. The van der Waals surface area contributed by atoms with Crippen molar-refractivity contribution in [3.05, 3.63) is 65.5 Å². The van der Waals surface area contributed by atoms with Crippen LogP contribution in [-0.4, -0.2) is 31.4 Å². The van der Waals surface area contributed by atoms with E-state index >= 15 is 0 Å². The van der Waals surface area contributed by atoms with Gasteiger partial charge in [0.25, 0.3) is 0 Å². The molecular weight excluding hydrogens is 353 g/mol. The number of thioether (sulfide) groups is 1. The zero-order chi connectivity index (χ0) is 18.5. The van der Waals surface area contributed by atoms with Crippen LogP contribution in [-0.2, 0) is 11.3 Å². The van der Waals surface area contributed by atoms with Gasteiger partial charge in [0.1, 0.15) is 5.82 Å². The summed E-state index contributed by atoms with van der Waals surface area (Å²) in [7, 11) is 0. The lowest BCUT2D eigenvalue weighted by atomic mass is 10.2. The summed E-state index contributed by atoms with van der Waals surface area (Å²) >= 11 is 1.28. The lowest BCUT2D eigenvalue weighted by molar-refractivity contribution is -0.120. The van der Waals surface area contributed by atoms with Crippen molar-refractivity contribution in [2.24, 2.45) is 0 Å². The molecule has 1 heterocycles. The standard InChI is InChI=1S/C18H18FN5OS/c1-12-3-9-16(10-4-12)24-18(21-22-23-24)26-13(2)17(25)20-11-14-5-7-15(19)8-6-14/h3-10,13H,11H2,1-2H3,(H,20,25). The number of benzene rings is 2. The number of halogens is 1. The largest absolute Gasteiger partial charge is 0.351 e. The van der Waals surface area contributed by atoms with Crippen molar-refractivity contribution in [2.75, 3.05) is 0 Å². The predicted octanol–water partition coefficient (Wildman–Crippen LogP) is 2.91. The van der Waals surface area contributed by atoms with Crippen LogP contribution in [0.4, 0.5) is 4.39 Å². The van der Waals surface area contributed by atoms with Gasteiger partial charge in [-0.2, -0.15) is 4.68 Å². The summed E-state index contributed by atoms with van der Waals surface area (Å²) in [5, 5.41) is 14.7. The Hall–Kier alpha value is -2.74. The fourth-order valence-electron chi connectivity index (χ4n) is 2.25. The van der Waals surface area contributed by atoms with Crippen molar-refractivity contribution in [3.63, 3.8) is 0 Å². The summed E-state index contributed by atoms with van der Waals surface area (Å²) in [6.07, 6.45) is 0. The summed E-state index contributed by atoms with van der Waals surface area (Å²) < 4.78 is 14.5. The summed E-state index contributed by atoms with van der Waals surface area (Å²) in [4.78, 5) is 12.3. The molecule has 0 bridgehead atoms. The van der Waals surface area contributed by atoms with Crippen molar-refractivity contribution in [2.45, 2.75) is 30.8 Å². The summed E-state index contributed by atoms with van der Waals surface area (Å²) in [6.45, 7) is 4.14. The number of hydrogen-bond donors (Lipinski definition) is 1. The van der Waals surface area contributed by atoms with E-state index in [2.05, 4.69) is 20.8 Å². The lowest BCUT2D eigenvalue weighted by Crippen LogP contribution is -2.30. The first-order chi connectivity index (χ1) is 12.5. The highest BCUT2D eigenvalue weighted by atomic mass is 32.2. The Morgan fingerprint density at radius 3 is 2.58 bits per heavy atom. The van der Waals surface area contributed by atoms with Gasteiger partial charge < -0.3 is 5.32 Å². The Morgan fingerprint density at radius 2 is 1.88 bits per heavy atom. The molecule has 2 aromatic carbocycles. The number of aryl methyl sites for hydroxylation is 1. The van der Waals surface area contributed by atoms with Crippen molar-refractivity contribution >= 4 is 17.7 Å². The molecule has 26 heavy (non-hydrogen) atoms. The van der Waals surface area contributed by atoms with Crippen LogP contribution in [0.1, 0.15) is 18.1 Å². The Bertz CT molecular complexity index is 879. The number of carbonyl (C=O) groups is 1. The summed E-state index contributed by atoms with van der Waals surface area (Å²) in [5.41, 5.74) is 2.81. The van der Waals surface area contributed by atoms with Gasteiger partial charge in [-0.1, -0.05) is 41.6 Å². The Balaban J connectivity index is 1.62. The van der Waals surface area contributed by atoms with Crippen molar-refractivity contribution < 1.29 is 9.18 Å². The molecule has 0 saturated carbocycles. The van der Waals surface area contributed by atoms with Crippen LogP contribution in [0.15, 0.2) is 53.7 Å². The Labute approximate surface area is 154 Å². The van der Waals surface area contributed by atoms with Crippen LogP contribution in [0.25, 0.3) is 5.69 Å². The van der Waals surface area contributed by atoms with Gasteiger partial charge in [-0.15, -0.1) is 5.10 Å². The van der Waals surface area contributed by atoms with Crippen LogP contribution in [0, 0.1) is 12.7 Å². The van der Waals surface area contributed by atoms with Crippen molar-refractivity contribution in [1.82, 2.24) is 25.5 Å². The summed E-state index contributed by atoms with van der Waals surface area (Å²) in [6, 6.07) is 13.8. The molecular formula is C18H18FN5OS. The SMILES string of the molecule is Cc1ccc(-n2nnnc2SC(C)C(=O)NCc2ccc(F)cc2)cc1. The average Bonchev–Trinajstić information content (AvgIpc) is 3.09. The fraction of sp³-hybridized carbons (Fsp3) is 0.222. The smallest absolute Gasteiger partial charge is 0.233 e. The maximum atomic E-state index is 12.9. The number of rotatable bonds is 6. The van der Waals surface area contributed by atoms with E-state index in [-0.39, 0.29) is 17.0 Å². The maximum absolute atomic E-state index is 12.9. The second-order valence-corrected chi connectivity index (χ2v) is 7.12. The number of carbonyl (C=O) groups excluding carboxylic acids is 1. The molecule has 6 nitrogen and oxygen atoms in total. The Morgan fingerprint density at radius 1 is 1.19 bits per heavy atom. The monoisotopic (exact) mass is 371 g/mol.